The number of hydrogen-bond acceptors (Lipinski definition) is 2. The van der Waals surface area contributed by atoms with Gasteiger partial charge in [0.25, 0.3) is 0 Å². The summed E-state index contributed by atoms with van der Waals surface area (Å²) in [6.07, 6.45) is 5.74. The van der Waals surface area contributed by atoms with Crippen molar-refractivity contribution < 1.29 is 14.3 Å². The van der Waals surface area contributed by atoms with Crippen molar-refractivity contribution in [1.82, 2.24) is 0 Å². The molecule has 80 valence electrons. The van der Waals surface area contributed by atoms with Crippen molar-refractivity contribution in [2.75, 3.05) is 0 Å². The van der Waals surface area contributed by atoms with Crippen LogP contribution in [0.25, 0.3) is 0 Å². The first-order chi connectivity index (χ1) is 7.11. The summed E-state index contributed by atoms with van der Waals surface area (Å²) in [5.74, 6) is 0.131. The van der Waals surface area contributed by atoms with Gasteiger partial charge in [0.05, 0.1) is 0 Å². The van der Waals surface area contributed by atoms with E-state index in [1.807, 2.05) is 6.92 Å². The Morgan fingerprint density at radius 1 is 1.40 bits per heavy atom. The molecule has 0 radical (unpaired) electrons. The molecular formula is C12H14O3. The minimum Gasteiger partial charge on any atom is -0.475 e. The second-order valence-corrected chi connectivity index (χ2v) is 4.94. The van der Waals surface area contributed by atoms with Gasteiger partial charge in [0.2, 0.25) is 5.76 Å². The number of rotatable bonds is 1. The molecule has 1 heterocycles. The number of furan rings is 1. The van der Waals surface area contributed by atoms with Gasteiger partial charge in [0.1, 0.15) is 5.76 Å². The second kappa shape index (κ2) is 2.65. The summed E-state index contributed by atoms with van der Waals surface area (Å²) in [5.41, 5.74) is 2.54. The molecule has 1 spiro atoms. The highest BCUT2D eigenvalue weighted by atomic mass is 16.4. The van der Waals surface area contributed by atoms with E-state index in [4.69, 9.17) is 9.52 Å². The van der Waals surface area contributed by atoms with E-state index in [-0.39, 0.29) is 5.76 Å². The molecule has 0 amide bonds. The summed E-state index contributed by atoms with van der Waals surface area (Å²) >= 11 is 0. The average molecular weight is 206 g/mol. The number of aryl methyl sites for hydroxylation is 1. The van der Waals surface area contributed by atoms with Gasteiger partial charge < -0.3 is 9.52 Å². The van der Waals surface area contributed by atoms with E-state index in [1.54, 1.807) is 0 Å². The van der Waals surface area contributed by atoms with E-state index in [1.165, 1.54) is 24.8 Å². The van der Waals surface area contributed by atoms with E-state index >= 15 is 0 Å². The summed E-state index contributed by atoms with van der Waals surface area (Å²) in [6.45, 7) is 1.87. The minimum atomic E-state index is -0.938. The lowest BCUT2D eigenvalue weighted by atomic mass is 9.84. The molecule has 1 aromatic heterocycles. The molecule has 0 aliphatic heterocycles. The molecular weight excluding hydrogens is 192 g/mol. The van der Waals surface area contributed by atoms with Crippen LogP contribution in [0.5, 0.6) is 0 Å². The third-order valence-corrected chi connectivity index (χ3v) is 3.94. The van der Waals surface area contributed by atoms with E-state index in [0.717, 1.165) is 24.2 Å². The maximum Gasteiger partial charge on any atom is 0.372 e. The van der Waals surface area contributed by atoms with E-state index in [0.29, 0.717) is 5.41 Å². The Bertz CT molecular complexity index is 438. The Labute approximate surface area is 88.1 Å². The monoisotopic (exact) mass is 206 g/mol. The number of hydrogen-bond donors (Lipinski definition) is 1. The molecule has 0 atom stereocenters. The van der Waals surface area contributed by atoms with Crippen molar-refractivity contribution in [3.05, 3.63) is 22.6 Å². The first-order valence-electron chi connectivity index (χ1n) is 5.46. The predicted octanol–water partition coefficient (Wildman–Crippen LogP) is 2.56. The zero-order chi connectivity index (χ0) is 10.6. The third kappa shape index (κ3) is 1.22. The smallest absolute Gasteiger partial charge is 0.372 e. The molecule has 0 bridgehead atoms. The van der Waals surface area contributed by atoms with Crippen molar-refractivity contribution in [2.45, 2.75) is 39.0 Å². The third-order valence-electron chi connectivity index (χ3n) is 3.94. The Kier molecular flexibility index (Phi) is 1.59. The number of fused-ring (bicyclic) bond motifs is 1. The number of carboxylic acids is 1. The highest BCUT2D eigenvalue weighted by Gasteiger charge is 2.46. The van der Waals surface area contributed by atoms with Crippen molar-refractivity contribution >= 4 is 5.97 Å². The van der Waals surface area contributed by atoms with Crippen molar-refractivity contribution in [1.29, 1.82) is 0 Å². The van der Waals surface area contributed by atoms with Gasteiger partial charge in [0.15, 0.2) is 0 Å². The van der Waals surface area contributed by atoms with Crippen LogP contribution >= 0.6 is 0 Å². The molecule has 0 unspecified atom stereocenters. The summed E-state index contributed by atoms with van der Waals surface area (Å²) in [6, 6.07) is 0. The molecule has 0 aromatic carbocycles. The molecule has 1 aromatic rings. The predicted molar refractivity (Wildman–Crippen MR) is 54.1 cm³/mol. The van der Waals surface area contributed by atoms with Crippen LogP contribution < -0.4 is 0 Å². The Hall–Kier alpha value is -1.25. The number of carboxylic acid groups (broad SMARTS) is 1. The fourth-order valence-corrected chi connectivity index (χ4v) is 2.69. The summed E-state index contributed by atoms with van der Waals surface area (Å²) in [5, 5.41) is 8.97. The van der Waals surface area contributed by atoms with Crippen molar-refractivity contribution in [3.8, 4) is 0 Å². The van der Waals surface area contributed by atoms with Crippen LogP contribution in [0.2, 0.25) is 0 Å². The largest absolute Gasteiger partial charge is 0.475 e. The van der Waals surface area contributed by atoms with Gasteiger partial charge in [-0.3, -0.25) is 0 Å². The van der Waals surface area contributed by atoms with Crippen LogP contribution in [0.1, 0.15) is 46.7 Å². The molecule has 3 rings (SSSR count). The lowest BCUT2D eigenvalue weighted by Crippen LogP contribution is -2.14. The fraction of sp³-hybridized carbons (Fsp3) is 0.583. The van der Waals surface area contributed by atoms with Crippen LogP contribution in [-0.4, -0.2) is 11.1 Å². The molecule has 0 saturated heterocycles. The molecule has 1 fully saturated rings. The van der Waals surface area contributed by atoms with Crippen LogP contribution in [0, 0.1) is 12.3 Å². The summed E-state index contributed by atoms with van der Waals surface area (Å²) in [4.78, 5) is 10.9. The van der Waals surface area contributed by atoms with Crippen LogP contribution in [-0.2, 0) is 12.8 Å². The maximum atomic E-state index is 10.9. The standard InChI is InChI=1S/C12H14O3/c1-7-8-6-12(4-5-12)3-2-9(8)15-10(7)11(13)14/h2-6H2,1H3,(H,13,14). The second-order valence-electron chi connectivity index (χ2n) is 4.94. The van der Waals surface area contributed by atoms with E-state index in [2.05, 4.69) is 0 Å². The van der Waals surface area contributed by atoms with Gasteiger partial charge in [-0.2, -0.15) is 0 Å². The molecule has 1 saturated carbocycles. The average Bonchev–Trinajstić information content (AvgIpc) is 2.86. The lowest BCUT2D eigenvalue weighted by Gasteiger charge is -2.20. The first kappa shape index (κ1) is 9.01. The van der Waals surface area contributed by atoms with Gasteiger partial charge in [-0.25, -0.2) is 4.79 Å². The van der Waals surface area contributed by atoms with Gasteiger partial charge in [-0.05, 0) is 43.6 Å². The topological polar surface area (TPSA) is 50.4 Å². The van der Waals surface area contributed by atoms with Crippen LogP contribution in [0.4, 0.5) is 0 Å². The van der Waals surface area contributed by atoms with Gasteiger partial charge in [-0.15, -0.1) is 0 Å². The Morgan fingerprint density at radius 3 is 2.73 bits per heavy atom. The summed E-state index contributed by atoms with van der Waals surface area (Å²) < 4.78 is 5.42. The van der Waals surface area contributed by atoms with Gasteiger partial charge in [-0.1, -0.05) is 0 Å². The zero-order valence-electron chi connectivity index (χ0n) is 8.80. The Morgan fingerprint density at radius 2 is 2.13 bits per heavy atom. The maximum absolute atomic E-state index is 10.9. The summed E-state index contributed by atoms with van der Waals surface area (Å²) in [7, 11) is 0. The Balaban J connectivity index is 2.05. The highest BCUT2D eigenvalue weighted by molar-refractivity contribution is 5.86. The van der Waals surface area contributed by atoms with Gasteiger partial charge in [0, 0.05) is 12.0 Å². The molecule has 2 aliphatic rings. The molecule has 3 heteroatoms. The zero-order valence-corrected chi connectivity index (χ0v) is 8.80. The van der Waals surface area contributed by atoms with Crippen LogP contribution in [0.3, 0.4) is 0 Å². The molecule has 15 heavy (non-hydrogen) atoms. The number of aromatic carboxylic acids is 1. The van der Waals surface area contributed by atoms with Crippen molar-refractivity contribution in [3.63, 3.8) is 0 Å². The number of carbonyl (C=O) groups is 1. The molecule has 1 N–H and O–H groups in total. The highest BCUT2D eigenvalue weighted by Crippen LogP contribution is 2.55. The molecule has 3 nitrogen and oxygen atoms in total. The first-order valence-corrected chi connectivity index (χ1v) is 5.46. The van der Waals surface area contributed by atoms with E-state index in [9.17, 15) is 4.79 Å². The minimum absolute atomic E-state index is 0.151. The normalized spacial score (nSPS) is 21.4. The molecule has 2 aliphatic carbocycles. The fourth-order valence-electron chi connectivity index (χ4n) is 2.69. The van der Waals surface area contributed by atoms with Gasteiger partial charge >= 0.3 is 5.97 Å². The SMILES string of the molecule is Cc1c(C(=O)O)oc2c1CC1(CC2)CC1. The van der Waals surface area contributed by atoms with Crippen molar-refractivity contribution in [2.24, 2.45) is 5.41 Å². The lowest BCUT2D eigenvalue weighted by molar-refractivity contribution is 0.0659. The quantitative estimate of drug-likeness (QED) is 0.768. The van der Waals surface area contributed by atoms with E-state index < -0.39 is 5.97 Å². The van der Waals surface area contributed by atoms with Crippen LogP contribution in [0.15, 0.2) is 4.42 Å².